The van der Waals surface area contributed by atoms with Gasteiger partial charge in [-0.2, -0.15) is 5.06 Å². The topological polar surface area (TPSA) is 68.5 Å². The van der Waals surface area contributed by atoms with Crippen LogP contribution < -0.4 is 0 Å². The van der Waals surface area contributed by atoms with E-state index in [1.54, 1.807) is 0 Å². The molecule has 148 valence electrons. The number of aliphatic hydroxyl groups excluding tert-OH is 1. The zero-order valence-electron chi connectivity index (χ0n) is 16.0. The van der Waals surface area contributed by atoms with Crippen molar-refractivity contribution in [2.75, 3.05) is 46.0 Å². The van der Waals surface area contributed by atoms with Crippen LogP contribution in [0.4, 0.5) is 0 Å². The van der Waals surface area contributed by atoms with Gasteiger partial charge < -0.3 is 15.1 Å². The Hall–Kier alpha value is -2.09. The van der Waals surface area contributed by atoms with Gasteiger partial charge in [0, 0.05) is 19.6 Å². The van der Waals surface area contributed by atoms with E-state index in [1.807, 2.05) is 12.1 Å². The van der Waals surface area contributed by atoms with Crippen LogP contribution in [0, 0.1) is 0 Å². The zero-order valence-corrected chi connectivity index (χ0v) is 16.0. The molecule has 2 N–H and O–H groups in total. The van der Waals surface area contributed by atoms with Gasteiger partial charge in [0.1, 0.15) is 0 Å². The van der Waals surface area contributed by atoms with Crippen molar-refractivity contribution in [2.24, 2.45) is 4.99 Å². The zero-order chi connectivity index (χ0) is 19.3. The van der Waals surface area contributed by atoms with Crippen LogP contribution in [0.2, 0.25) is 0 Å². The normalized spacial score (nSPS) is 21.5. The number of nitrogens with zero attached hydrogens (tertiary/aromatic N) is 3. The number of hydroxylamine groups is 2. The number of hydrogen-bond acceptors (Lipinski definition) is 6. The highest BCUT2D eigenvalue weighted by molar-refractivity contribution is 5.87. The molecule has 6 heteroatoms. The Balaban J connectivity index is 1.41. The molecule has 2 aliphatic rings. The molecule has 1 unspecified atom stereocenters. The minimum absolute atomic E-state index is 0.107. The number of aliphatic hydroxyl groups is 1. The molecule has 1 saturated heterocycles. The van der Waals surface area contributed by atoms with Crippen LogP contribution in [0.5, 0.6) is 0 Å². The molecular formula is C22H27N3O3. The monoisotopic (exact) mass is 381 g/mol. The van der Waals surface area contributed by atoms with Crippen molar-refractivity contribution in [3.8, 4) is 11.1 Å². The van der Waals surface area contributed by atoms with Crippen LogP contribution >= 0.6 is 0 Å². The maximum atomic E-state index is 10.2. The summed E-state index contributed by atoms with van der Waals surface area (Å²) >= 11 is 0. The van der Waals surface area contributed by atoms with Gasteiger partial charge in [0.25, 0.3) is 0 Å². The van der Waals surface area contributed by atoms with Crippen LogP contribution in [0.1, 0.15) is 17.2 Å². The molecule has 0 amide bonds. The van der Waals surface area contributed by atoms with Crippen molar-refractivity contribution >= 4 is 5.71 Å². The fourth-order valence-electron chi connectivity index (χ4n) is 3.75. The van der Waals surface area contributed by atoms with Crippen LogP contribution in [0.25, 0.3) is 11.1 Å². The summed E-state index contributed by atoms with van der Waals surface area (Å²) in [7, 11) is 0. The minimum Gasteiger partial charge on any atom is -0.390 e. The Morgan fingerprint density at radius 3 is 2.21 bits per heavy atom. The first-order valence-corrected chi connectivity index (χ1v) is 9.81. The van der Waals surface area contributed by atoms with Gasteiger partial charge in [-0.3, -0.25) is 9.89 Å². The number of morpholine rings is 1. The lowest BCUT2D eigenvalue weighted by molar-refractivity contribution is -0.116. The summed E-state index contributed by atoms with van der Waals surface area (Å²) in [5.41, 5.74) is 5.30. The maximum Gasteiger partial charge on any atom is 0.0823 e. The number of hydrogen-bond donors (Lipinski definition) is 2. The Bertz CT molecular complexity index is 799. The van der Waals surface area contributed by atoms with Crippen molar-refractivity contribution < 1.29 is 15.1 Å². The summed E-state index contributed by atoms with van der Waals surface area (Å²) in [5, 5.41) is 20.6. The van der Waals surface area contributed by atoms with Crippen LogP contribution in [0.15, 0.2) is 53.5 Å². The molecule has 6 nitrogen and oxygen atoms in total. The lowest BCUT2D eigenvalue weighted by Gasteiger charge is -2.29. The van der Waals surface area contributed by atoms with Crippen molar-refractivity contribution in [1.29, 1.82) is 0 Å². The summed E-state index contributed by atoms with van der Waals surface area (Å²) in [6.07, 6.45) is 0. The molecule has 2 aromatic carbocycles. The summed E-state index contributed by atoms with van der Waals surface area (Å²) in [6, 6.07) is 16.8. The molecule has 0 saturated carbocycles. The summed E-state index contributed by atoms with van der Waals surface area (Å²) < 4.78 is 5.41. The molecule has 0 bridgehead atoms. The van der Waals surface area contributed by atoms with Gasteiger partial charge in [-0.1, -0.05) is 48.5 Å². The highest BCUT2D eigenvalue weighted by Gasteiger charge is 2.24. The van der Waals surface area contributed by atoms with Crippen LogP contribution in [-0.4, -0.2) is 72.0 Å². The predicted octanol–water partition coefficient (Wildman–Crippen LogP) is 2.37. The van der Waals surface area contributed by atoms with Gasteiger partial charge in [0.15, 0.2) is 0 Å². The smallest absolute Gasteiger partial charge is 0.0823 e. The maximum absolute atomic E-state index is 10.2. The van der Waals surface area contributed by atoms with Gasteiger partial charge in [-0.25, -0.2) is 0 Å². The Morgan fingerprint density at radius 1 is 0.964 bits per heavy atom. The van der Waals surface area contributed by atoms with E-state index in [1.165, 1.54) is 16.2 Å². The molecule has 1 fully saturated rings. The van der Waals surface area contributed by atoms with E-state index in [0.29, 0.717) is 12.3 Å². The third-order valence-electron chi connectivity index (χ3n) is 5.47. The second-order valence-electron chi connectivity index (χ2n) is 7.39. The number of benzene rings is 2. The third-order valence-corrected chi connectivity index (χ3v) is 5.47. The average molecular weight is 381 g/mol. The minimum atomic E-state index is -0.166. The second-order valence-corrected chi connectivity index (χ2v) is 7.39. The van der Waals surface area contributed by atoms with Crippen LogP contribution in [-0.2, 0) is 11.3 Å². The molecule has 1 atom stereocenters. The number of rotatable bonds is 5. The lowest BCUT2D eigenvalue weighted by atomic mass is 9.99. The lowest BCUT2D eigenvalue weighted by Crippen LogP contribution is -2.38. The van der Waals surface area contributed by atoms with Gasteiger partial charge >= 0.3 is 0 Å². The molecule has 2 aromatic rings. The summed E-state index contributed by atoms with van der Waals surface area (Å²) in [6.45, 7) is 5.24. The van der Waals surface area contributed by atoms with Gasteiger partial charge in [0.2, 0.25) is 0 Å². The molecular weight excluding hydrogens is 354 g/mol. The van der Waals surface area contributed by atoms with Crippen molar-refractivity contribution in [2.45, 2.75) is 12.6 Å². The Labute approximate surface area is 165 Å². The van der Waals surface area contributed by atoms with Gasteiger partial charge in [0.05, 0.1) is 44.7 Å². The van der Waals surface area contributed by atoms with E-state index >= 15 is 0 Å². The fourth-order valence-corrected chi connectivity index (χ4v) is 3.75. The van der Waals surface area contributed by atoms with Crippen molar-refractivity contribution in [1.82, 2.24) is 9.96 Å². The Kier molecular flexibility index (Phi) is 6.14. The fraction of sp³-hybridized carbons (Fsp3) is 0.409. The van der Waals surface area contributed by atoms with Crippen molar-refractivity contribution in [3.05, 3.63) is 59.7 Å². The quantitative estimate of drug-likeness (QED) is 0.832. The van der Waals surface area contributed by atoms with E-state index in [0.717, 1.165) is 44.0 Å². The van der Waals surface area contributed by atoms with Crippen LogP contribution in [0.3, 0.4) is 0 Å². The largest absolute Gasteiger partial charge is 0.390 e. The standard InChI is InChI=1S/C22H27N3O3/c26-16-21-15-25(27)22(13-23-21)20-7-5-19(6-8-20)18-3-1-17(2-4-18)14-24-9-11-28-12-10-24/h1-8,22,26-27H,9-16H2. The number of ether oxygens (including phenoxy) is 1. The highest BCUT2D eigenvalue weighted by atomic mass is 16.5. The molecule has 0 spiro atoms. The first kappa shape index (κ1) is 19.2. The van der Waals surface area contributed by atoms with E-state index in [4.69, 9.17) is 9.84 Å². The molecule has 28 heavy (non-hydrogen) atoms. The first-order chi connectivity index (χ1) is 13.7. The molecule has 2 heterocycles. The molecule has 4 rings (SSSR count). The Morgan fingerprint density at radius 2 is 1.61 bits per heavy atom. The predicted molar refractivity (Wildman–Crippen MR) is 109 cm³/mol. The van der Waals surface area contributed by atoms with Crippen molar-refractivity contribution in [3.63, 3.8) is 0 Å². The SMILES string of the molecule is OCC1=NCC(c2ccc(-c3ccc(CN4CCOCC4)cc3)cc2)N(O)C1. The molecule has 0 aromatic heterocycles. The van der Waals surface area contributed by atoms with E-state index in [9.17, 15) is 5.21 Å². The van der Waals surface area contributed by atoms with E-state index in [2.05, 4.69) is 46.3 Å². The number of aliphatic imine (C=N–C) groups is 1. The summed E-state index contributed by atoms with van der Waals surface area (Å²) in [4.78, 5) is 6.77. The average Bonchev–Trinajstić information content (AvgIpc) is 2.75. The third kappa shape index (κ3) is 4.48. The molecule has 0 aliphatic carbocycles. The van der Waals surface area contributed by atoms with Gasteiger partial charge in [-0.05, 0) is 22.3 Å². The molecule has 0 radical (unpaired) electrons. The van der Waals surface area contributed by atoms with E-state index < -0.39 is 0 Å². The first-order valence-electron chi connectivity index (χ1n) is 9.81. The van der Waals surface area contributed by atoms with E-state index in [-0.39, 0.29) is 19.2 Å². The van der Waals surface area contributed by atoms with Gasteiger partial charge in [-0.15, -0.1) is 0 Å². The second kappa shape index (κ2) is 8.94. The molecule has 2 aliphatic heterocycles. The highest BCUT2D eigenvalue weighted by Crippen LogP contribution is 2.26. The summed E-state index contributed by atoms with van der Waals surface area (Å²) in [5.74, 6) is 0.